The van der Waals surface area contributed by atoms with Crippen molar-refractivity contribution in [1.82, 2.24) is 10.6 Å². The lowest BCUT2D eigenvalue weighted by Gasteiger charge is -2.05. The summed E-state index contributed by atoms with van der Waals surface area (Å²) < 4.78 is 21.0. The van der Waals surface area contributed by atoms with E-state index in [0.717, 1.165) is 0 Å². The van der Waals surface area contributed by atoms with Gasteiger partial charge in [0.1, 0.15) is 0 Å². The van der Waals surface area contributed by atoms with Crippen LogP contribution in [0.4, 0.5) is 4.79 Å². The highest BCUT2D eigenvalue weighted by molar-refractivity contribution is 7.89. The van der Waals surface area contributed by atoms with Crippen molar-refractivity contribution in [3.8, 4) is 0 Å². The van der Waals surface area contributed by atoms with Crippen LogP contribution in [0, 0.1) is 0 Å². The molecular weight excluding hydrogens is 254 g/mol. The lowest BCUT2D eigenvalue weighted by atomic mass is 10.3. The number of hydrogen-bond acceptors (Lipinski definition) is 5. The number of nitrogens with one attached hydrogen (secondary N) is 2. The molecule has 0 aliphatic heterocycles. The maximum absolute atomic E-state index is 11.0. The molecule has 0 aliphatic rings. The number of primary sulfonamides is 1. The lowest BCUT2D eigenvalue weighted by Crippen LogP contribution is -2.41. The lowest BCUT2D eigenvalue weighted by molar-refractivity contribution is -0.138. The topological polar surface area (TPSA) is 156 Å². The monoisotopic (exact) mass is 267 g/mol. The molecule has 0 spiro atoms. The van der Waals surface area contributed by atoms with Crippen molar-refractivity contribution in [2.45, 2.75) is 12.8 Å². The van der Waals surface area contributed by atoms with Crippen LogP contribution < -0.4 is 15.8 Å². The van der Waals surface area contributed by atoms with Crippen molar-refractivity contribution in [1.29, 1.82) is 0 Å². The fourth-order valence-electron chi connectivity index (χ4n) is 0.761. The van der Waals surface area contributed by atoms with Crippen LogP contribution in [-0.4, -0.2) is 43.7 Å². The smallest absolute Gasteiger partial charge is 0.321 e. The molecule has 0 aromatic heterocycles. The number of hydrogen-bond donors (Lipinski definition) is 4. The molecule has 10 heteroatoms. The van der Waals surface area contributed by atoms with Crippen LogP contribution in [-0.2, 0) is 19.6 Å². The van der Waals surface area contributed by atoms with Crippen LogP contribution in [0.1, 0.15) is 12.8 Å². The van der Waals surface area contributed by atoms with E-state index in [1.54, 1.807) is 0 Å². The molecule has 0 heterocycles. The Kier molecular flexibility index (Phi) is 6.13. The van der Waals surface area contributed by atoms with Gasteiger partial charge in [-0.2, -0.15) is 0 Å². The third kappa shape index (κ3) is 10.6. The molecule has 0 aromatic rings. The molecule has 0 radical (unpaired) electrons. The number of carbonyl (C=O) groups is 3. The van der Waals surface area contributed by atoms with Crippen molar-refractivity contribution in [2.24, 2.45) is 5.14 Å². The van der Waals surface area contributed by atoms with Crippen molar-refractivity contribution in [3.05, 3.63) is 0 Å². The number of aliphatic carboxylic acids is 1. The van der Waals surface area contributed by atoms with Gasteiger partial charge in [0.15, 0.2) is 0 Å². The summed E-state index contributed by atoms with van der Waals surface area (Å²) >= 11 is 0. The summed E-state index contributed by atoms with van der Waals surface area (Å²) in [6, 6.07) is -0.899. The molecule has 0 saturated heterocycles. The van der Waals surface area contributed by atoms with E-state index in [1.807, 2.05) is 5.32 Å². The number of imide groups is 1. The quantitative estimate of drug-likeness (QED) is 0.434. The largest absolute Gasteiger partial charge is 0.481 e. The first-order chi connectivity index (χ1) is 7.70. The first-order valence-corrected chi connectivity index (χ1v) is 6.22. The highest BCUT2D eigenvalue weighted by Crippen LogP contribution is 1.88. The number of urea groups is 1. The van der Waals surface area contributed by atoms with Crippen LogP contribution in [0.25, 0.3) is 0 Å². The van der Waals surface area contributed by atoms with E-state index in [2.05, 4.69) is 10.5 Å². The molecule has 0 atom stereocenters. The number of amides is 3. The van der Waals surface area contributed by atoms with E-state index >= 15 is 0 Å². The molecule has 0 saturated carbocycles. The van der Waals surface area contributed by atoms with Crippen LogP contribution >= 0.6 is 0 Å². The maximum Gasteiger partial charge on any atom is 0.321 e. The Morgan fingerprint density at radius 2 is 1.76 bits per heavy atom. The van der Waals surface area contributed by atoms with E-state index in [4.69, 9.17) is 5.11 Å². The van der Waals surface area contributed by atoms with Crippen molar-refractivity contribution >= 4 is 27.9 Å². The average Bonchev–Trinajstić information content (AvgIpc) is 2.12. The summed E-state index contributed by atoms with van der Waals surface area (Å²) in [5.41, 5.74) is 0. The number of carboxylic acids is 1. The van der Waals surface area contributed by atoms with Gasteiger partial charge in [-0.1, -0.05) is 0 Å². The summed E-state index contributed by atoms with van der Waals surface area (Å²) in [7, 11) is -3.67. The highest BCUT2D eigenvalue weighted by atomic mass is 32.2. The molecule has 0 aliphatic carbocycles. The number of nitrogens with two attached hydrogens (primary N) is 1. The highest BCUT2D eigenvalue weighted by Gasteiger charge is 2.10. The van der Waals surface area contributed by atoms with Gasteiger partial charge in [0.25, 0.3) is 0 Å². The van der Waals surface area contributed by atoms with Gasteiger partial charge in [0, 0.05) is 13.0 Å². The Labute approximate surface area is 97.4 Å². The minimum absolute atomic E-state index is 0.239. The normalized spacial score (nSPS) is 10.6. The molecular formula is C7H13N3O6S. The minimum Gasteiger partial charge on any atom is -0.481 e. The first kappa shape index (κ1) is 15.3. The predicted molar refractivity (Wildman–Crippen MR) is 56.4 cm³/mol. The molecule has 0 bridgehead atoms. The van der Waals surface area contributed by atoms with Crippen molar-refractivity contribution in [2.75, 3.05) is 12.3 Å². The van der Waals surface area contributed by atoms with Gasteiger partial charge >= 0.3 is 12.0 Å². The zero-order chi connectivity index (χ0) is 13.5. The summed E-state index contributed by atoms with van der Waals surface area (Å²) in [5.74, 6) is -2.38. The molecule has 0 aromatic carbocycles. The van der Waals surface area contributed by atoms with Crippen molar-refractivity contribution < 1.29 is 27.9 Å². The van der Waals surface area contributed by atoms with Crippen LogP contribution in [0.15, 0.2) is 0 Å². The Balaban J connectivity index is 3.79. The van der Waals surface area contributed by atoms with Gasteiger partial charge in [-0.25, -0.2) is 18.4 Å². The summed E-state index contributed by atoms with van der Waals surface area (Å²) in [6.07, 6.45) is -0.728. The number of carbonyl (C=O) groups excluding carboxylic acids is 2. The van der Waals surface area contributed by atoms with E-state index < -0.39 is 40.1 Å². The van der Waals surface area contributed by atoms with E-state index in [0.29, 0.717) is 0 Å². The van der Waals surface area contributed by atoms with E-state index in [9.17, 15) is 22.8 Å². The summed E-state index contributed by atoms with van der Waals surface area (Å²) in [5, 5.41) is 16.9. The maximum atomic E-state index is 11.0. The predicted octanol–water partition coefficient (Wildman–Crippen LogP) is -2.03. The molecule has 98 valence electrons. The molecule has 17 heavy (non-hydrogen) atoms. The van der Waals surface area contributed by atoms with E-state index in [1.165, 1.54) is 0 Å². The second-order valence-electron chi connectivity index (χ2n) is 3.06. The van der Waals surface area contributed by atoms with Gasteiger partial charge in [-0.3, -0.25) is 14.9 Å². The first-order valence-electron chi connectivity index (χ1n) is 4.50. The standard InChI is InChI=1S/C7H13N3O6S/c8-17(15,16)4-3-9-7(14)10-5(11)1-2-6(12)13/h1-4H2,(H,12,13)(H2,8,15,16)(H2,9,10,11,14). The Hall–Kier alpha value is -1.68. The second kappa shape index (κ2) is 6.81. The Bertz CT molecular complexity index is 404. The second-order valence-corrected chi connectivity index (χ2v) is 4.80. The molecule has 0 fully saturated rings. The number of rotatable bonds is 6. The van der Waals surface area contributed by atoms with Crippen LogP contribution in [0.2, 0.25) is 0 Å². The van der Waals surface area contributed by atoms with Gasteiger partial charge in [0.2, 0.25) is 15.9 Å². The van der Waals surface area contributed by atoms with Crippen molar-refractivity contribution in [3.63, 3.8) is 0 Å². The van der Waals surface area contributed by atoms with Crippen LogP contribution in [0.3, 0.4) is 0 Å². The van der Waals surface area contributed by atoms with Gasteiger partial charge in [-0.05, 0) is 0 Å². The zero-order valence-electron chi connectivity index (χ0n) is 8.80. The molecule has 0 unspecified atom stereocenters. The summed E-state index contributed by atoms with van der Waals surface area (Å²) in [6.45, 7) is -0.239. The zero-order valence-corrected chi connectivity index (χ0v) is 9.62. The average molecular weight is 267 g/mol. The van der Waals surface area contributed by atoms with Crippen LogP contribution in [0.5, 0.6) is 0 Å². The third-order valence-electron chi connectivity index (χ3n) is 1.49. The molecule has 0 rings (SSSR count). The number of carboxylic acid groups (broad SMARTS) is 1. The fourth-order valence-corrected chi connectivity index (χ4v) is 1.15. The van der Waals surface area contributed by atoms with E-state index in [-0.39, 0.29) is 13.0 Å². The SMILES string of the molecule is NS(=O)(=O)CCNC(=O)NC(=O)CCC(=O)O. The molecule has 3 amide bonds. The summed E-state index contributed by atoms with van der Waals surface area (Å²) in [4.78, 5) is 32.0. The third-order valence-corrected chi connectivity index (χ3v) is 2.26. The van der Waals surface area contributed by atoms with Gasteiger partial charge in [-0.15, -0.1) is 0 Å². The number of sulfonamides is 1. The molecule has 9 nitrogen and oxygen atoms in total. The minimum atomic E-state index is -3.67. The Morgan fingerprint density at radius 3 is 2.24 bits per heavy atom. The molecule has 5 N–H and O–H groups in total. The van der Waals surface area contributed by atoms with Gasteiger partial charge in [0.05, 0.1) is 12.2 Å². The Morgan fingerprint density at radius 1 is 1.18 bits per heavy atom. The van der Waals surface area contributed by atoms with Gasteiger partial charge < -0.3 is 10.4 Å². The fraction of sp³-hybridized carbons (Fsp3) is 0.571.